The summed E-state index contributed by atoms with van der Waals surface area (Å²) in [5.41, 5.74) is 25.8. The summed E-state index contributed by atoms with van der Waals surface area (Å²) < 4.78 is 0. The van der Waals surface area contributed by atoms with E-state index in [1.54, 1.807) is 0 Å². The van der Waals surface area contributed by atoms with Crippen LogP contribution in [0.2, 0.25) is 0 Å². The lowest BCUT2D eigenvalue weighted by Gasteiger charge is -2.45. The van der Waals surface area contributed by atoms with Crippen molar-refractivity contribution in [3.63, 3.8) is 0 Å². The molecule has 1 atom stereocenters. The van der Waals surface area contributed by atoms with Crippen molar-refractivity contribution in [3.8, 4) is 33.4 Å². The van der Waals surface area contributed by atoms with Crippen LogP contribution in [-0.4, -0.2) is 12.3 Å². The Labute approximate surface area is 351 Å². The number of fused-ring (bicyclic) bond motifs is 9. The lowest BCUT2D eigenvalue weighted by Crippen LogP contribution is -2.36. The van der Waals surface area contributed by atoms with E-state index >= 15 is 0 Å². The Morgan fingerprint density at radius 1 is 0.500 bits per heavy atom. The van der Waals surface area contributed by atoms with Crippen molar-refractivity contribution in [3.05, 3.63) is 263 Å². The fourth-order valence-electron chi connectivity index (χ4n) is 9.70. The molecular weight excluding hydrogens is 727 g/mol. The summed E-state index contributed by atoms with van der Waals surface area (Å²) in [4.78, 5) is 7.72. The third-order valence-corrected chi connectivity index (χ3v) is 12.4. The predicted octanol–water partition coefficient (Wildman–Crippen LogP) is 13.5. The first-order chi connectivity index (χ1) is 29.7. The molecule has 11 rings (SSSR count). The van der Waals surface area contributed by atoms with Crippen molar-refractivity contribution >= 4 is 29.0 Å². The fourth-order valence-corrected chi connectivity index (χ4v) is 9.70. The molecule has 2 aliphatic carbocycles. The van der Waals surface area contributed by atoms with Crippen LogP contribution in [0.4, 0.5) is 17.1 Å². The second-order valence-electron chi connectivity index (χ2n) is 15.6. The summed E-state index contributed by atoms with van der Waals surface area (Å²) in [6.07, 6.45) is 10.2. The molecule has 60 heavy (non-hydrogen) atoms. The molecule has 0 saturated heterocycles. The smallest absolute Gasteiger partial charge is 0.0754 e. The molecule has 0 radical (unpaired) electrons. The number of rotatable bonds is 6. The van der Waals surface area contributed by atoms with E-state index in [1.165, 1.54) is 50.3 Å². The van der Waals surface area contributed by atoms with E-state index in [0.717, 1.165) is 44.8 Å². The first-order valence-corrected chi connectivity index (χ1v) is 20.6. The van der Waals surface area contributed by atoms with Crippen molar-refractivity contribution in [1.82, 2.24) is 0 Å². The molecule has 0 saturated carbocycles. The predicted molar refractivity (Wildman–Crippen MR) is 250 cm³/mol. The first kappa shape index (κ1) is 35.6. The SMILES string of the molecule is NC1C=CC=C/C1=C(/N=Cc1ccccc1-c1ccc2c(c1)C1(c3ccccc3-2)c2ccccc2N(c2ccccc2)c2ccccc21)c1ccc(-c2ccccc2)cc1. The van der Waals surface area contributed by atoms with E-state index in [1.807, 2.05) is 30.5 Å². The maximum absolute atomic E-state index is 6.72. The second kappa shape index (κ2) is 14.7. The standard InChI is InChI=1S/C57H41N3/c58-53-28-14-10-24-48(53)56(41-33-31-40(32-34-41)39-17-3-1-4-18-39)59-38-43-19-7-8-22-45(43)42-35-36-47-46-23-9-11-25-49(46)57(52(47)37-42)50-26-12-15-29-54(50)60(44-20-5-2-6-21-44)55-30-16-13-27-51(55)57/h1-38,53H,58H2/b56-48-,59-38?. The minimum absolute atomic E-state index is 0.264. The molecule has 3 heteroatoms. The number of nitrogens with two attached hydrogens (primary N) is 1. The van der Waals surface area contributed by atoms with Gasteiger partial charge in [0.25, 0.3) is 0 Å². The summed E-state index contributed by atoms with van der Waals surface area (Å²) in [5, 5.41) is 0. The zero-order chi connectivity index (χ0) is 40.0. The van der Waals surface area contributed by atoms with Crippen molar-refractivity contribution in [2.45, 2.75) is 11.5 Å². The number of benzene rings is 8. The van der Waals surface area contributed by atoms with E-state index in [2.05, 4.69) is 205 Å². The quantitative estimate of drug-likeness (QED) is 0.171. The molecule has 0 fully saturated rings. The number of aliphatic imine (C=N–C) groups is 1. The first-order valence-electron chi connectivity index (χ1n) is 20.6. The Kier molecular flexibility index (Phi) is 8.69. The zero-order valence-corrected chi connectivity index (χ0v) is 33.0. The topological polar surface area (TPSA) is 41.6 Å². The fraction of sp³-hybridized carbons (Fsp3) is 0.0351. The summed E-state index contributed by atoms with van der Waals surface area (Å²) in [7, 11) is 0. The van der Waals surface area contributed by atoms with Gasteiger partial charge in [-0.25, -0.2) is 0 Å². The highest BCUT2D eigenvalue weighted by atomic mass is 15.2. The number of hydrogen-bond donors (Lipinski definition) is 1. The molecule has 3 aliphatic rings. The molecule has 2 N–H and O–H groups in total. The van der Waals surface area contributed by atoms with Crippen LogP contribution in [0.25, 0.3) is 39.1 Å². The zero-order valence-electron chi connectivity index (χ0n) is 33.0. The lowest BCUT2D eigenvalue weighted by atomic mass is 9.64. The van der Waals surface area contributed by atoms with Crippen molar-refractivity contribution in [2.24, 2.45) is 10.7 Å². The van der Waals surface area contributed by atoms with E-state index in [9.17, 15) is 0 Å². The molecule has 3 nitrogen and oxygen atoms in total. The summed E-state index contributed by atoms with van der Waals surface area (Å²) in [6.45, 7) is 0. The van der Waals surface area contributed by atoms with E-state index < -0.39 is 5.41 Å². The molecule has 1 spiro atoms. The molecule has 1 unspecified atom stereocenters. The van der Waals surface area contributed by atoms with Crippen molar-refractivity contribution in [1.29, 1.82) is 0 Å². The van der Waals surface area contributed by atoms with Gasteiger partial charge in [-0.05, 0) is 91.5 Å². The van der Waals surface area contributed by atoms with Crippen molar-refractivity contribution < 1.29 is 0 Å². The molecule has 0 amide bonds. The maximum atomic E-state index is 6.72. The Balaban J connectivity index is 1.07. The van der Waals surface area contributed by atoms with Crippen molar-refractivity contribution in [2.75, 3.05) is 4.90 Å². The minimum Gasteiger partial charge on any atom is -0.321 e. The number of allylic oxidation sites excluding steroid dienone is 2. The van der Waals surface area contributed by atoms with Crippen LogP contribution >= 0.6 is 0 Å². The van der Waals surface area contributed by atoms with Gasteiger partial charge >= 0.3 is 0 Å². The molecule has 1 heterocycles. The Bertz CT molecular complexity index is 3000. The normalized spacial score (nSPS) is 16.4. The molecule has 284 valence electrons. The third-order valence-electron chi connectivity index (χ3n) is 12.4. The highest BCUT2D eigenvalue weighted by Crippen LogP contribution is 2.63. The highest BCUT2D eigenvalue weighted by Gasteiger charge is 2.51. The number of nitrogens with zero attached hydrogens (tertiary/aromatic N) is 2. The van der Waals surface area contributed by atoms with Crippen LogP contribution in [0.3, 0.4) is 0 Å². The average Bonchev–Trinajstić information content (AvgIpc) is 3.60. The number of anilines is 3. The van der Waals surface area contributed by atoms with Gasteiger partial charge in [0.1, 0.15) is 0 Å². The lowest BCUT2D eigenvalue weighted by molar-refractivity contribution is 0.753. The molecule has 0 aromatic heterocycles. The Morgan fingerprint density at radius 3 is 1.78 bits per heavy atom. The summed E-state index contributed by atoms with van der Waals surface area (Å²) >= 11 is 0. The van der Waals surface area contributed by atoms with Gasteiger partial charge in [0.05, 0.1) is 28.5 Å². The van der Waals surface area contributed by atoms with E-state index in [0.29, 0.717) is 0 Å². The van der Waals surface area contributed by atoms with Crippen LogP contribution in [-0.2, 0) is 5.41 Å². The van der Waals surface area contributed by atoms with Crippen LogP contribution in [0, 0.1) is 0 Å². The maximum Gasteiger partial charge on any atom is 0.0754 e. The number of para-hydroxylation sites is 3. The van der Waals surface area contributed by atoms with Crippen LogP contribution in [0.15, 0.2) is 235 Å². The molecule has 0 bridgehead atoms. The van der Waals surface area contributed by atoms with Gasteiger partial charge in [-0.2, -0.15) is 0 Å². The Hall–Kier alpha value is -7.59. The van der Waals surface area contributed by atoms with Gasteiger partial charge in [-0.3, -0.25) is 4.99 Å². The number of hydrogen-bond acceptors (Lipinski definition) is 3. The molecule has 8 aromatic carbocycles. The summed E-state index contributed by atoms with van der Waals surface area (Å²) in [5.74, 6) is 0. The monoisotopic (exact) mass is 767 g/mol. The van der Waals surface area contributed by atoms with Gasteiger partial charge < -0.3 is 10.6 Å². The van der Waals surface area contributed by atoms with Crippen LogP contribution < -0.4 is 10.6 Å². The van der Waals surface area contributed by atoms with Gasteiger partial charge in [-0.15, -0.1) is 0 Å². The minimum atomic E-state index is -0.538. The second-order valence-corrected chi connectivity index (χ2v) is 15.6. The van der Waals surface area contributed by atoms with E-state index in [4.69, 9.17) is 10.7 Å². The Morgan fingerprint density at radius 2 is 1.07 bits per heavy atom. The summed E-state index contributed by atoms with van der Waals surface area (Å²) in [6, 6.07) is 72.2. The van der Waals surface area contributed by atoms with Gasteiger partial charge in [0.15, 0.2) is 0 Å². The van der Waals surface area contributed by atoms with Gasteiger partial charge in [0, 0.05) is 23.0 Å². The molecular formula is C57H41N3. The van der Waals surface area contributed by atoms with E-state index in [-0.39, 0.29) is 6.04 Å². The van der Waals surface area contributed by atoms with Gasteiger partial charge in [-0.1, -0.05) is 194 Å². The van der Waals surface area contributed by atoms with Gasteiger partial charge in [0.2, 0.25) is 0 Å². The average molecular weight is 768 g/mol. The third kappa shape index (κ3) is 5.66. The molecule has 8 aromatic rings. The van der Waals surface area contributed by atoms with Crippen LogP contribution in [0.1, 0.15) is 33.4 Å². The largest absolute Gasteiger partial charge is 0.321 e. The highest BCUT2D eigenvalue weighted by molar-refractivity contribution is 5.98. The molecule has 1 aliphatic heterocycles. The van der Waals surface area contributed by atoms with Crippen LogP contribution in [0.5, 0.6) is 0 Å².